The summed E-state index contributed by atoms with van der Waals surface area (Å²) in [5.74, 6) is -0.520. The molecule has 2 aromatic rings. The van der Waals surface area contributed by atoms with Gasteiger partial charge in [-0.1, -0.05) is 42.1 Å². The third-order valence-corrected chi connectivity index (χ3v) is 4.62. The fourth-order valence-corrected chi connectivity index (χ4v) is 3.70. The van der Waals surface area contributed by atoms with Gasteiger partial charge in [0.2, 0.25) is 0 Å². The number of rotatable bonds is 2. The Bertz CT molecular complexity index is 647. The average molecular weight is 286 g/mol. The lowest BCUT2D eigenvalue weighted by atomic mass is 10.1. The van der Waals surface area contributed by atoms with Crippen LogP contribution in [0.5, 0.6) is 0 Å². The molecule has 1 atom stereocenters. The Morgan fingerprint density at radius 1 is 1.26 bits per heavy atom. The third kappa shape index (κ3) is 2.39. The Morgan fingerprint density at radius 2 is 2.05 bits per heavy atom. The summed E-state index contributed by atoms with van der Waals surface area (Å²) in [6.07, 6.45) is 3.51. The molecule has 1 fully saturated rings. The molecule has 1 saturated heterocycles. The standard InChI is InChI=1S/C14H10N2OS2/c15-13-11(14-16-6-7-18-14)12(17)10(19-13)8-9-4-2-1-3-5-9/h1-8,11,15H/b10-8-,15-13?/t11-/m1/s1. The van der Waals surface area contributed by atoms with E-state index in [0.717, 1.165) is 5.56 Å². The smallest absolute Gasteiger partial charge is 0.186 e. The molecule has 0 bridgehead atoms. The van der Waals surface area contributed by atoms with E-state index in [9.17, 15) is 4.79 Å². The predicted octanol–water partition coefficient (Wildman–Crippen LogP) is 3.56. The molecule has 1 aliphatic heterocycles. The Labute approximate surface area is 118 Å². The van der Waals surface area contributed by atoms with Gasteiger partial charge in [-0.2, -0.15) is 0 Å². The number of aromatic nitrogens is 1. The fourth-order valence-electron chi connectivity index (χ4n) is 1.89. The number of nitrogens with zero attached hydrogens (tertiary/aromatic N) is 1. The van der Waals surface area contributed by atoms with E-state index in [4.69, 9.17) is 5.41 Å². The van der Waals surface area contributed by atoms with Gasteiger partial charge in [0, 0.05) is 11.6 Å². The van der Waals surface area contributed by atoms with Crippen LogP contribution in [-0.4, -0.2) is 15.8 Å². The van der Waals surface area contributed by atoms with Gasteiger partial charge in [-0.25, -0.2) is 4.98 Å². The summed E-state index contributed by atoms with van der Waals surface area (Å²) in [4.78, 5) is 17.1. The molecule has 94 valence electrons. The lowest BCUT2D eigenvalue weighted by Gasteiger charge is -2.01. The van der Waals surface area contributed by atoms with Gasteiger partial charge in [0.1, 0.15) is 10.9 Å². The van der Waals surface area contributed by atoms with Crippen LogP contribution >= 0.6 is 23.1 Å². The highest BCUT2D eigenvalue weighted by atomic mass is 32.2. The number of benzene rings is 1. The highest BCUT2D eigenvalue weighted by Crippen LogP contribution is 2.41. The molecule has 2 heterocycles. The number of thiazole rings is 1. The topological polar surface area (TPSA) is 53.8 Å². The van der Waals surface area contributed by atoms with Crippen molar-refractivity contribution in [2.45, 2.75) is 5.92 Å². The Kier molecular flexibility index (Phi) is 3.31. The normalized spacial score (nSPS) is 21.3. The molecule has 1 N–H and O–H groups in total. The number of allylic oxidation sites excluding steroid dienone is 1. The van der Waals surface area contributed by atoms with E-state index in [2.05, 4.69) is 4.98 Å². The second-order valence-electron chi connectivity index (χ2n) is 4.05. The van der Waals surface area contributed by atoms with Gasteiger partial charge in [-0.05, 0) is 11.6 Å². The zero-order valence-corrected chi connectivity index (χ0v) is 11.5. The van der Waals surface area contributed by atoms with Crippen molar-refractivity contribution >= 4 is 40.0 Å². The first-order valence-corrected chi connectivity index (χ1v) is 7.42. The van der Waals surface area contributed by atoms with E-state index >= 15 is 0 Å². The molecule has 19 heavy (non-hydrogen) atoms. The number of Topliss-reactive ketones (excluding diaryl/α,β-unsaturated/α-hetero) is 1. The van der Waals surface area contributed by atoms with E-state index in [1.54, 1.807) is 6.20 Å². The molecule has 5 heteroatoms. The number of hydrogen-bond acceptors (Lipinski definition) is 5. The van der Waals surface area contributed by atoms with Gasteiger partial charge < -0.3 is 0 Å². The largest absolute Gasteiger partial charge is 0.297 e. The van der Waals surface area contributed by atoms with Crippen molar-refractivity contribution in [3.05, 3.63) is 57.4 Å². The average Bonchev–Trinajstić information content (AvgIpc) is 3.01. The highest BCUT2D eigenvalue weighted by molar-refractivity contribution is 8.19. The quantitative estimate of drug-likeness (QED) is 0.859. The predicted molar refractivity (Wildman–Crippen MR) is 79.6 cm³/mol. The van der Waals surface area contributed by atoms with Crippen LogP contribution in [0.2, 0.25) is 0 Å². The first kappa shape index (κ1) is 12.3. The maximum Gasteiger partial charge on any atom is 0.186 e. The number of ketones is 1. The summed E-state index contributed by atoms with van der Waals surface area (Å²) < 4.78 is 0. The lowest BCUT2D eigenvalue weighted by Crippen LogP contribution is -2.11. The van der Waals surface area contributed by atoms with E-state index in [1.165, 1.54) is 23.1 Å². The molecule has 0 unspecified atom stereocenters. The molecular formula is C14H10N2OS2. The monoisotopic (exact) mass is 286 g/mol. The van der Waals surface area contributed by atoms with Crippen LogP contribution in [0.25, 0.3) is 6.08 Å². The molecule has 0 spiro atoms. The van der Waals surface area contributed by atoms with E-state index in [1.807, 2.05) is 41.8 Å². The minimum absolute atomic E-state index is 0.0196. The number of carbonyl (C=O) groups is 1. The zero-order valence-electron chi connectivity index (χ0n) is 9.87. The molecule has 1 aliphatic rings. The van der Waals surface area contributed by atoms with Gasteiger partial charge in [-0.15, -0.1) is 11.3 Å². The van der Waals surface area contributed by atoms with Crippen LogP contribution in [-0.2, 0) is 4.79 Å². The van der Waals surface area contributed by atoms with Crippen molar-refractivity contribution in [2.75, 3.05) is 0 Å². The first-order chi connectivity index (χ1) is 9.25. The van der Waals surface area contributed by atoms with Crippen LogP contribution < -0.4 is 0 Å². The Morgan fingerprint density at radius 3 is 2.74 bits per heavy atom. The minimum Gasteiger partial charge on any atom is -0.297 e. The van der Waals surface area contributed by atoms with Gasteiger partial charge in [-0.3, -0.25) is 10.2 Å². The molecular weight excluding hydrogens is 276 g/mol. The molecule has 1 aromatic heterocycles. The Hall–Kier alpha value is -1.72. The van der Waals surface area contributed by atoms with E-state index < -0.39 is 5.92 Å². The van der Waals surface area contributed by atoms with Crippen molar-refractivity contribution in [1.82, 2.24) is 4.98 Å². The van der Waals surface area contributed by atoms with Crippen LogP contribution in [0.15, 0.2) is 46.8 Å². The molecule has 3 rings (SSSR count). The SMILES string of the molecule is N=C1S/C(=C\c2ccccc2)C(=O)[C@H]1c1nccs1. The van der Waals surface area contributed by atoms with Crippen LogP contribution in [0.4, 0.5) is 0 Å². The van der Waals surface area contributed by atoms with Crippen LogP contribution in [0, 0.1) is 5.41 Å². The fraction of sp³-hybridized carbons (Fsp3) is 0.0714. The summed E-state index contributed by atoms with van der Waals surface area (Å²) in [7, 11) is 0. The van der Waals surface area contributed by atoms with Crippen LogP contribution in [0.3, 0.4) is 0 Å². The summed E-state index contributed by atoms with van der Waals surface area (Å²) in [5, 5.41) is 10.9. The van der Waals surface area contributed by atoms with Gasteiger partial charge in [0.05, 0.1) is 9.95 Å². The Balaban J connectivity index is 1.93. The number of carbonyl (C=O) groups excluding carboxylic acids is 1. The minimum atomic E-state index is -0.500. The molecule has 0 saturated carbocycles. The van der Waals surface area contributed by atoms with Gasteiger partial charge >= 0.3 is 0 Å². The van der Waals surface area contributed by atoms with Crippen molar-refractivity contribution in [2.24, 2.45) is 0 Å². The van der Waals surface area contributed by atoms with Gasteiger partial charge in [0.25, 0.3) is 0 Å². The highest BCUT2D eigenvalue weighted by Gasteiger charge is 2.38. The number of thioether (sulfide) groups is 1. The zero-order chi connectivity index (χ0) is 13.2. The summed E-state index contributed by atoms with van der Waals surface area (Å²) in [6.45, 7) is 0. The van der Waals surface area contributed by atoms with Crippen molar-refractivity contribution in [3.63, 3.8) is 0 Å². The summed E-state index contributed by atoms with van der Waals surface area (Å²) >= 11 is 2.66. The number of hydrogen-bond donors (Lipinski definition) is 1. The van der Waals surface area contributed by atoms with E-state index in [-0.39, 0.29) is 5.78 Å². The van der Waals surface area contributed by atoms with Crippen molar-refractivity contribution in [1.29, 1.82) is 5.41 Å². The second kappa shape index (κ2) is 5.11. The maximum atomic E-state index is 12.4. The first-order valence-electron chi connectivity index (χ1n) is 5.72. The summed E-state index contributed by atoms with van der Waals surface area (Å²) in [6, 6.07) is 9.69. The molecule has 0 amide bonds. The van der Waals surface area contributed by atoms with Crippen molar-refractivity contribution < 1.29 is 4.79 Å². The molecule has 1 aromatic carbocycles. The van der Waals surface area contributed by atoms with E-state index in [0.29, 0.717) is 15.0 Å². The number of nitrogens with one attached hydrogen (secondary N) is 1. The summed E-state index contributed by atoms with van der Waals surface area (Å²) in [5.41, 5.74) is 0.978. The van der Waals surface area contributed by atoms with Gasteiger partial charge in [0.15, 0.2) is 5.78 Å². The molecule has 0 radical (unpaired) electrons. The third-order valence-electron chi connectivity index (χ3n) is 2.78. The van der Waals surface area contributed by atoms with Crippen molar-refractivity contribution in [3.8, 4) is 0 Å². The molecule has 3 nitrogen and oxygen atoms in total. The molecule has 0 aliphatic carbocycles. The second-order valence-corrected chi connectivity index (χ2v) is 6.06. The van der Waals surface area contributed by atoms with Crippen LogP contribution in [0.1, 0.15) is 16.5 Å². The lowest BCUT2D eigenvalue weighted by molar-refractivity contribution is -0.114. The maximum absolute atomic E-state index is 12.4.